The SMILES string of the molecule is CC/C=C\C/C=C\C/C=C\C/C=C\C/C=C\C/C=C\CCC(=O)OC(COC(=O)CCCCCCCCCCC)COC(=O)CCCCCCCCCCC/C=C\CCCCCCCCCC. The molecule has 1 unspecified atom stereocenters. The second kappa shape index (κ2) is 55.2. The number of unbranched alkanes of at least 4 members (excludes halogenated alkanes) is 25. The third-order valence-electron chi connectivity index (χ3n) is 11.9. The molecule has 384 valence electrons. The molecule has 0 aliphatic carbocycles. The number of hydrogen-bond donors (Lipinski definition) is 0. The largest absolute Gasteiger partial charge is 0.462 e. The van der Waals surface area contributed by atoms with Crippen LogP contribution in [-0.2, 0) is 28.6 Å². The predicted octanol–water partition coefficient (Wildman–Crippen LogP) is 18.8. The first-order valence-corrected chi connectivity index (χ1v) is 28.1. The van der Waals surface area contributed by atoms with E-state index in [1.807, 2.05) is 6.08 Å². The number of rotatable bonds is 50. The van der Waals surface area contributed by atoms with Crippen molar-refractivity contribution in [1.29, 1.82) is 0 Å². The van der Waals surface area contributed by atoms with E-state index in [0.29, 0.717) is 19.3 Å². The zero-order chi connectivity index (χ0) is 48.6. The van der Waals surface area contributed by atoms with Crippen LogP contribution in [0.25, 0.3) is 0 Å². The number of esters is 3. The van der Waals surface area contributed by atoms with Gasteiger partial charge in [-0.05, 0) is 83.5 Å². The van der Waals surface area contributed by atoms with E-state index in [0.717, 1.165) is 77.0 Å². The van der Waals surface area contributed by atoms with Crippen molar-refractivity contribution in [3.05, 3.63) is 85.1 Å². The van der Waals surface area contributed by atoms with E-state index in [2.05, 4.69) is 99.8 Å². The molecule has 0 radical (unpaired) electrons. The van der Waals surface area contributed by atoms with Crippen LogP contribution in [-0.4, -0.2) is 37.2 Å². The zero-order valence-corrected chi connectivity index (χ0v) is 43.9. The summed E-state index contributed by atoms with van der Waals surface area (Å²) in [5.74, 6) is -0.992. The third-order valence-corrected chi connectivity index (χ3v) is 11.9. The maximum Gasteiger partial charge on any atom is 0.306 e. The Kier molecular flexibility index (Phi) is 52.4. The molecule has 0 bridgehead atoms. The number of carbonyl (C=O) groups excluding carboxylic acids is 3. The summed E-state index contributed by atoms with van der Waals surface area (Å²) >= 11 is 0. The van der Waals surface area contributed by atoms with Gasteiger partial charge in [-0.25, -0.2) is 0 Å². The molecule has 0 rings (SSSR count). The lowest BCUT2D eigenvalue weighted by molar-refractivity contribution is -0.166. The Hall–Kier alpha value is -3.41. The molecule has 0 aromatic heterocycles. The van der Waals surface area contributed by atoms with E-state index in [4.69, 9.17) is 14.2 Å². The molecule has 0 saturated heterocycles. The molecule has 0 aliphatic heterocycles. The summed E-state index contributed by atoms with van der Waals surface area (Å²) in [5.41, 5.74) is 0. The van der Waals surface area contributed by atoms with E-state index in [1.54, 1.807) is 0 Å². The summed E-state index contributed by atoms with van der Waals surface area (Å²) in [6.45, 7) is 6.45. The van der Waals surface area contributed by atoms with Gasteiger partial charge in [0, 0.05) is 19.3 Å². The van der Waals surface area contributed by atoms with Crippen molar-refractivity contribution in [3.63, 3.8) is 0 Å². The second-order valence-corrected chi connectivity index (χ2v) is 18.5. The van der Waals surface area contributed by atoms with Gasteiger partial charge in [-0.1, -0.05) is 247 Å². The minimum Gasteiger partial charge on any atom is -0.462 e. The molecule has 6 nitrogen and oxygen atoms in total. The average molecular weight is 933 g/mol. The Bertz CT molecular complexity index is 1300. The average Bonchev–Trinajstić information content (AvgIpc) is 3.33. The smallest absolute Gasteiger partial charge is 0.306 e. The fourth-order valence-corrected chi connectivity index (χ4v) is 7.70. The van der Waals surface area contributed by atoms with Gasteiger partial charge in [0.2, 0.25) is 0 Å². The molecule has 0 saturated carbocycles. The van der Waals surface area contributed by atoms with E-state index in [1.165, 1.54) is 141 Å². The Balaban J connectivity index is 4.38. The Morgan fingerprint density at radius 2 is 0.612 bits per heavy atom. The van der Waals surface area contributed by atoms with Gasteiger partial charge in [-0.15, -0.1) is 0 Å². The maximum atomic E-state index is 12.8. The first kappa shape index (κ1) is 63.6. The summed E-state index contributed by atoms with van der Waals surface area (Å²) in [6.07, 6.45) is 71.7. The molecular formula is C61H104O6. The van der Waals surface area contributed by atoms with Crippen LogP contribution < -0.4 is 0 Å². The fraction of sp³-hybridized carbons (Fsp3) is 0.721. The van der Waals surface area contributed by atoms with Crippen molar-refractivity contribution in [2.24, 2.45) is 0 Å². The first-order valence-electron chi connectivity index (χ1n) is 28.1. The van der Waals surface area contributed by atoms with Crippen molar-refractivity contribution < 1.29 is 28.6 Å². The predicted molar refractivity (Wildman–Crippen MR) is 288 cm³/mol. The third kappa shape index (κ3) is 53.4. The van der Waals surface area contributed by atoms with Gasteiger partial charge in [-0.2, -0.15) is 0 Å². The standard InChI is InChI=1S/C61H104O6/c1-4-7-10-13-16-19-21-23-25-27-29-30-32-33-35-37-39-42-45-48-51-54-60(63)66-57-58(56-65-59(62)53-50-47-44-41-18-15-12-9-6-3)67-61(64)55-52-49-46-43-40-38-36-34-31-28-26-24-22-20-17-14-11-8-5-2/h8,11,17,20,24,26-27,29,31,34,38,40,46,49,58H,4-7,9-10,12-16,18-19,21-23,25,28,30,32-33,35-37,39,41-45,47-48,50-57H2,1-3H3/b11-8-,20-17-,26-24-,29-27-,34-31-,40-38-,49-46-. The molecule has 0 aliphatic rings. The lowest BCUT2D eigenvalue weighted by Crippen LogP contribution is -2.30. The van der Waals surface area contributed by atoms with Crippen molar-refractivity contribution in [2.75, 3.05) is 13.2 Å². The van der Waals surface area contributed by atoms with Crippen LogP contribution in [0.3, 0.4) is 0 Å². The van der Waals surface area contributed by atoms with E-state index >= 15 is 0 Å². The highest BCUT2D eigenvalue weighted by molar-refractivity contribution is 5.71. The number of hydrogen-bond acceptors (Lipinski definition) is 6. The van der Waals surface area contributed by atoms with Gasteiger partial charge in [0.25, 0.3) is 0 Å². The van der Waals surface area contributed by atoms with Crippen molar-refractivity contribution in [3.8, 4) is 0 Å². The van der Waals surface area contributed by atoms with Gasteiger partial charge in [0.15, 0.2) is 6.10 Å². The van der Waals surface area contributed by atoms with E-state index in [9.17, 15) is 14.4 Å². The van der Waals surface area contributed by atoms with Crippen LogP contribution in [0.15, 0.2) is 85.1 Å². The van der Waals surface area contributed by atoms with Gasteiger partial charge >= 0.3 is 17.9 Å². The first-order chi connectivity index (χ1) is 33.0. The summed E-state index contributed by atoms with van der Waals surface area (Å²) in [7, 11) is 0. The normalized spacial score (nSPS) is 12.7. The highest BCUT2D eigenvalue weighted by Crippen LogP contribution is 2.15. The van der Waals surface area contributed by atoms with Gasteiger partial charge in [0.05, 0.1) is 0 Å². The zero-order valence-electron chi connectivity index (χ0n) is 43.9. The van der Waals surface area contributed by atoms with Crippen LogP contribution in [0.4, 0.5) is 0 Å². The topological polar surface area (TPSA) is 78.9 Å². The monoisotopic (exact) mass is 933 g/mol. The van der Waals surface area contributed by atoms with Crippen LogP contribution in [0, 0.1) is 0 Å². The highest BCUT2D eigenvalue weighted by Gasteiger charge is 2.19. The molecule has 6 heteroatoms. The molecule has 0 amide bonds. The lowest BCUT2D eigenvalue weighted by Gasteiger charge is -2.18. The Morgan fingerprint density at radius 1 is 0.313 bits per heavy atom. The Morgan fingerprint density at radius 3 is 0.970 bits per heavy atom. The molecule has 1 atom stereocenters. The van der Waals surface area contributed by atoms with E-state index in [-0.39, 0.29) is 31.6 Å². The van der Waals surface area contributed by atoms with Gasteiger partial charge in [-0.3, -0.25) is 14.4 Å². The molecule has 0 N–H and O–H groups in total. The van der Waals surface area contributed by atoms with Crippen LogP contribution in [0.5, 0.6) is 0 Å². The number of carbonyl (C=O) groups is 3. The number of ether oxygens (including phenoxy) is 3. The number of allylic oxidation sites excluding steroid dienone is 14. The minimum atomic E-state index is -0.815. The summed E-state index contributed by atoms with van der Waals surface area (Å²) in [5, 5.41) is 0. The quantitative estimate of drug-likeness (QED) is 0.0262. The summed E-state index contributed by atoms with van der Waals surface area (Å²) in [6, 6.07) is 0. The minimum absolute atomic E-state index is 0.106. The van der Waals surface area contributed by atoms with Gasteiger partial charge in [0.1, 0.15) is 13.2 Å². The van der Waals surface area contributed by atoms with Crippen LogP contribution in [0.2, 0.25) is 0 Å². The van der Waals surface area contributed by atoms with Crippen molar-refractivity contribution in [2.45, 2.75) is 271 Å². The van der Waals surface area contributed by atoms with Crippen LogP contribution in [0.1, 0.15) is 265 Å². The molecule has 0 aromatic carbocycles. The molecular weight excluding hydrogens is 829 g/mol. The molecule has 0 heterocycles. The summed E-state index contributed by atoms with van der Waals surface area (Å²) in [4.78, 5) is 38.0. The van der Waals surface area contributed by atoms with Crippen LogP contribution >= 0.6 is 0 Å². The highest BCUT2D eigenvalue weighted by atomic mass is 16.6. The van der Waals surface area contributed by atoms with Crippen molar-refractivity contribution in [1.82, 2.24) is 0 Å². The molecule has 0 aromatic rings. The van der Waals surface area contributed by atoms with E-state index < -0.39 is 12.1 Å². The molecule has 0 spiro atoms. The lowest BCUT2D eigenvalue weighted by atomic mass is 10.1. The van der Waals surface area contributed by atoms with Crippen molar-refractivity contribution >= 4 is 17.9 Å². The summed E-state index contributed by atoms with van der Waals surface area (Å²) < 4.78 is 16.7. The molecule has 0 fully saturated rings. The molecule has 67 heavy (non-hydrogen) atoms. The second-order valence-electron chi connectivity index (χ2n) is 18.5. The fourth-order valence-electron chi connectivity index (χ4n) is 7.70. The maximum absolute atomic E-state index is 12.8. The van der Waals surface area contributed by atoms with Gasteiger partial charge < -0.3 is 14.2 Å². The Labute approximate surface area is 414 Å².